The van der Waals surface area contributed by atoms with Gasteiger partial charge in [0.1, 0.15) is 6.04 Å². The van der Waals surface area contributed by atoms with Crippen LogP contribution in [-0.4, -0.2) is 25.2 Å². The van der Waals surface area contributed by atoms with Crippen molar-refractivity contribution in [2.45, 2.75) is 58.0 Å². The lowest BCUT2D eigenvalue weighted by Gasteiger charge is -2.29. The van der Waals surface area contributed by atoms with E-state index >= 15 is 0 Å². The molecule has 2 aromatic carbocycles. The minimum atomic E-state index is -1.17. The van der Waals surface area contributed by atoms with Crippen molar-refractivity contribution >= 4 is 27.8 Å². The number of fused-ring (bicyclic) bond motifs is 2. The topological polar surface area (TPSA) is 97.1 Å². The van der Waals surface area contributed by atoms with Gasteiger partial charge in [-0.15, -0.1) is 0 Å². The number of nitrogens with zero attached hydrogens (tertiary/aromatic N) is 2. The maximum absolute atomic E-state index is 14.0. The number of aliphatic carboxylic acids is 1. The Bertz CT molecular complexity index is 1500. The van der Waals surface area contributed by atoms with Crippen molar-refractivity contribution in [3.8, 4) is 0 Å². The summed E-state index contributed by atoms with van der Waals surface area (Å²) in [4.78, 5) is 43.3. The SMILES string of the molecule is Cc1cccc2[nH]cc(C(C)n3c(=O)n([C@H](C(=O)O)C4CCCCC4)c(=O)c4ccccc43)c12. The van der Waals surface area contributed by atoms with Gasteiger partial charge >= 0.3 is 11.7 Å². The van der Waals surface area contributed by atoms with E-state index in [9.17, 15) is 19.5 Å². The highest BCUT2D eigenvalue weighted by molar-refractivity contribution is 5.87. The Balaban J connectivity index is 1.79. The van der Waals surface area contributed by atoms with Gasteiger partial charge in [0.25, 0.3) is 5.56 Å². The second-order valence-corrected chi connectivity index (χ2v) is 9.44. The zero-order valence-corrected chi connectivity index (χ0v) is 19.5. The number of para-hydroxylation sites is 1. The molecule has 7 heteroatoms. The van der Waals surface area contributed by atoms with Crippen LogP contribution in [0.25, 0.3) is 21.8 Å². The van der Waals surface area contributed by atoms with E-state index in [0.29, 0.717) is 23.7 Å². The van der Waals surface area contributed by atoms with Gasteiger partial charge < -0.3 is 10.1 Å². The van der Waals surface area contributed by atoms with Gasteiger partial charge in [0.05, 0.1) is 16.9 Å². The monoisotopic (exact) mass is 459 g/mol. The van der Waals surface area contributed by atoms with E-state index in [0.717, 1.165) is 45.9 Å². The number of aromatic amines is 1. The molecule has 1 aliphatic carbocycles. The van der Waals surface area contributed by atoms with Crippen LogP contribution >= 0.6 is 0 Å². The van der Waals surface area contributed by atoms with Crippen LogP contribution in [0.15, 0.2) is 58.3 Å². The highest BCUT2D eigenvalue weighted by Gasteiger charge is 2.35. The molecule has 5 rings (SSSR count). The Kier molecular flexibility index (Phi) is 5.63. The Morgan fingerprint density at radius 1 is 1.03 bits per heavy atom. The molecule has 7 nitrogen and oxygen atoms in total. The number of hydrogen-bond donors (Lipinski definition) is 2. The fourth-order valence-corrected chi connectivity index (χ4v) is 5.76. The van der Waals surface area contributed by atoms with Crippen molar-refractivity contribution in [1.29, 1.82) is 0 Å². The third kappa shape index (κ3) is 3.47. The molecule has 0 saturated heterocycles. The van der Waals surface area contributed by atoms with Crippen molar-refractivity contribution in [2.75, 3.05) is 0 Å². The highest BCUT2D eigenvalue weighted by atomic mass is 16.4. The molecule has 2 heterocycles. The van der Waals surface area contributed by atoms with E-state index in [1.165, 1.54) is 0 Å². The Labute approximate surface area is 196 Å². The predicted molar refractivity (Wildman–Crippen MR) is 133 cm³/mol. The summed E-state index contributed by atoms with van der Waals surface area (Å²) in [6.45, 7) is 3.95. The number of carboxylic acid groups (broad SMARTS) is 1. The molecule has 1 saturated carbocycles. The first-order chi connectivity index (χ1) is 16.4. The molecule has 0 amide bonds. The molecule has 0 aliphatic heterocycles. The molecule has 1 aliphatic rings. The highest BCUT2D eigenvalue weighted by Crippen LogP contribution is 2.33. The molecule has 2 atom stereocenters. The number of carbonyl (C=O) groups is 1. The van der Waals surface area contributed by atoms with Crippen LogP contribution in [0.3, 0.4) is 0 Å². The lowest BCUT2D eigenvalue weighted by molar-refractivity contribution is -0.143. The third-order valence-corrected chi connectivity index (χ3v) is 7.43. The second kappa shape index (κ2) is 8.63. The zero-order valence-electron chi connectivity index (χ0n) is 19.5. The van der Waals surface area contributed by atoms with Crippen LogP contribution in [0.4, 0.5) is 0 Å². The van der Waals surface area contributed by atoms with Gasteiger partial charge in [-0.05, 0) is 56.4 Å². The number of aryl methyl sites for hydroxylation is 1. The fourth-order valence-electron chi connectivity index (χ4n) is 5.76. The molecule has 4 aromatic rings. The number of benzene rings is 2. The van der Waals surface area contributed by atoms with Gasteiger partial charge in [0.15, 0.2) is 0 Å². The second-order valence-electron chi connectivity index (χ2n) is 9.44. The van der Waals surface area contributed by atoms with Crippen LogP contribution < -0.4 is 11.2 Å². The first kappa shape index (κ1) is 22.2. The minimum Gasteiger partial charge on any atom is -0.480 e. The van der Waals surface area contributed by atoms with Crippen molar-refractivity contribution in [3.63, 3.8) is 0 Å². The van der Waals surface area contributed by atoms with E-state index in [1.807, 2.05) is 38.2 Å². The van der Waals surface area contributed by atoms with E-state index in [4.69, 9.17) is 0 Å². The first-order valence-electron chi connectivity index (χ1n) is 12.0. The number of aromatic nitrogens is 3. The summed E-state index contributed by atoms with van der Waals surface area (Å²) in [7, 11) is 0. The maximum atomic E-state index is 14.0. The van der Waals surface area contributed by atoms with Crippen LogP contribution in [0.5, 0.6) is 0 Å². The smallest absolute Gasteiger partial charge is 0.332 e. The summed E-state index contributed by atoms with van der Waals surface area (Å²) in [6, 6.07) is 11.4. The van der Waals surface area contributed by atoms with Crippen LogP contribution in [0.1, 0.15) is 62.2 Å². The van der Waals surface area contributed by atoms with E-state index in [1.54, 1.807) is 28.8 Å². The summed E-state index contributed by atoms with van der Waals surface area (Å²) in [6.07, 6.45) is 6.18. The predicted octanol–water partition coefficient (Wildman–Crippen LogP) is 4.77. The summed E-state index contributed by atoms with van der Waals surface area (Å²) in [5, 5.41) is 11.6. The van der Waals surface area contributed by atoms with Crippen molar-refractivity contribution < 1.29 is 9.90 Å². The molecule has 1 fully saturated rings. The van der Waals surface area contributed by atoms with Crippen LogP contribution in [0, 0.1) is 12.8 Å². The largest absolute Gasteiger partial charge is 0.480 e. The van der Waals surface area contributed by atoms with Crippen molar-refractivity contribution in [2.24, 2.45) is 5.92 Å². The number of hydrogen-bond acceptors (Lipinski definition) is 3. The van der Waals surface area contributed by atoms with Gasteiger partial charge in [-0.3, -0.25) is 9.36 Å². The number of carboxylic acids is 1. The van der Waals surface area contributed by atoms with Gasteiger partial charge in [-0.1, -0.05) is 43.5 Å². The average molecular weight is 460 g/mol. The zero-order chi connectivity index (χ0) is 24.0. The molecular formula is C27H29N3O4. The van der Waals surface area contributed by atoms with Gasteiger partial charge in [-0.25, -0.2) is 14.2 Å². The van der Waals surface area contributed by atoms with E-state index in [-0.39, 0.29) is 5.92 Å². The fraction of sp³-hybridized carbons (Fsp3) is 0.370. The quantitative estimate of drug-likeness (QED) is 0.449. The molecular weight excluding hydrogens is 430 g/mol. The lowest BCUT2D eigenvalue weighted by Crippen LogP contribution is -2.47. The molecule has 176 valence electrons. The first-order valence-corrected chi connectivity index (χ1v) is 12.0. The molecule has 2 aromatic heterocycles. The molecule has 1 unspecified atom stereocenters. The van der Waals surface area contributed by atoms with E-state index in [2.05, 4.69) is 4.98 Å². The Hall–Kier alpha value is -3.61. The normalized spacial score (nSPS) is 16.6. The molecule has 0 bridgehead atoms. The lowest BCUT2D eigenvalue weighted by atomic mass is 9.83. The Morgan fingerprint density at radius 3 is 2.50 bits per heavy atom. The van der Waals surface area contributed by atoms with E-state index < -0.39 is 29.3 Å². The number of H-pyrrole nitrogens is 1. The van der Waals surface area contributed by atoms with Gasteiger partial charge in [0, 0.05) is 22.7 Å². The van der Waals surface area contributed by atoms with Crippen LogP contribution in [0.2, 0.25) is 0 Å². The van der Waals surface area contributed by atoms with Gasteiger partial charge in [-0.2, -0.15) is 0 Å². The Morgan fingerprint density at radius 2 is 1.76 bits per heavy atom. The summed E-state index contributed by atoms with van der Waals surface area (Å²) < 4.78 is 2.60. The average Bonchev–Trinajstić information content (AvgIpc) is 3.28. The third-order valence-electron chi connectivity index (χ3n) is 7.43. The maximum Gasteiger partial charge on any atom is 0.332 e. The molecule has 2 N–H and O–H groups in total. The van der Waals surface area contributed by atoms with Gasteiger partial charge in [0.2, 0.25) is 0 Å². The molecule has 0 radical (unpaired) electrons. The summed E-state index contributed by atoms with van der Waals surface area (Å²) >= 11 is 0. The standard InChI is InChI=1S/C27H29N3O4/c1-16-9-8-13-21-23(16)20(15-28-21)17(2)29-22-14-7-6-12-19(22)25(31)30(27(29)34)24(26(32)33)18-10-4-3-5-11-18/h6-9,12-15,17-18,24,28H,3-5,10-11H2,1-2H3,(H,32,33)/t17?,24-/m0/s1. The summed E-state index contributed by atoms with van der Waals surface area (Å²) in [5.74, 6) is -1.36. The molecule has 34 heavy (non-hydrogen) atoms. The van der Waals surface area contributed by atoms with Crippen molar-refractivity contribution in [1.82, 2.24) is 14.1 Å². The summed E-state index contributed by atoms with van der Waals surface area (Å²) in [5.41, 5.74) is 2.39. The number of nitrogens with one attached hydrogen (secondary N) is 1. The minimum absolute atomic E-state index is 0.239. The number of rotatable bonds is 5. The molecule has 0 spiro atoms. The van der Waals surface area contributed by atoms with Crippen molar-refractivity contribution in [3.05, 3.63) is 80.6 Å². The van der Waals surface area contributed by atoms with Crippen LogP contribution in [-0.2, 0) is 4.79 Å².